The molecular weight excluding hydrogens is 454 g/mol. The van der Waals surface area contributed by atoms with Crippen LogP contribution >= 0.6 is 11.3 Å². The van der Waals surface area contributed by atoms with Gasteiger partial charge in [-0.25, -0.2) is 4.52 Å². The molecule has 0 bridgehead atoms. The van der Waals surface area contributed by atoms with Gasteiger partial charge in [0, 0.05) is 10.9 Å². The van der Waals surface area contributed by atoms with E-state index in [-0.39, 0.29) is 11.9 Å². The third-order valence-corrected chi connectivity index (χ3v) is 6.52. The van der Waals surface area contributed by atoms with Crippen molar-refractivity contribution in [1.82, 2.24) is 19.5 Å². The molecule has 5 rings (SSSR count). The molecule has 0 saturated heterocycles. The Morgan fingerprint density at radius 2 is 1.62 bits per heavy atom. The minimum Gasteiger partial charge on any atom is -0.496 e. The van der Waals surface area contributed by atoms with Crippen LogP contribution < -0.4 is 10.1 Å². The molecule has 2 aromatic carbocycles. The van der Waals surface area contributed by atoms with E-state index in [0.717, 1.165) is 16.2 Å². The Morgan fingerprint density at radius 3 is 2.24 bits per heavy atom. The standard InChI is InChI=1S/C24H21N5O4S/c1-13(2)19(28-21(31)14-8-4-5-9-15(14)22(28)32)20(30)25-23-26-24-29(27-23)17(12-34-24)16-10-6-7-11-18(16)33-3/h4-13,19H,1-3H3,(H,25,27,30). The Morgan fingerprint density at radius 1 is 1.00 bits per heavy atom. The zero-order valence-corrected chi connectivity index (χ0v) is 19.5. The molecule has 3 heterocycles. The van der Waals surface area contributed by atoms with E-state index in [1.807, 2.05) is 29.6 Å². The number of anilines is 1. The van der Waals surface area contributed by atoms with Gasteiger partial charge in [-0.3, -0.25) is 24.6 Å². The number of ether oxygens (including phenoxy) is 1. The van der Waals surface area contributed by atoms with E-state index in [9.17, 15) is 14.4 Å². The fraction of sp³-hybridized carbons (Fsp3) is 0.208. The fourth-order valence-corrected chi connectivity index (χ4v) is 4.96. The molecule has 0 spiro atoms. The van der Waals surface area contributed by atoms with E-state index in [0.29, 0.717) is 21.8 Å². The minimum absolute atomic E-state index is 0.0928. The summed E-state index contributed by atoms with van der Waals surface area (Å²) in [5.41, 5.74) is 2.21. The van der Waals surface area contributed by atoms with E-state index in [1.165, 1.54) is 11.3 Å². The lowest BCUT2D eigenvalue weighted by Gasteiger charge is -2.27. The lowest BCUT2D eigenvalue weighted by atomic mass is 10.0. The molecule has 4 aromatic rings. The summed E-state index contributed by atoms with van der Waals surface area (Å²) in [6.45, 7) is 3.57. The number of methoxy groups -OCH3 is 1. The van der Waals surface area contributed by atoms with Gasteiger partial charge in [0.05, 0.1) is 23.9 Å². The highest BCUT2D eigenvalue weighted by molar-refractivity contribution is 7.15. The second kappa shape index (κ2) is 8.38. The Balaban J connectivity index is 1.44. The minimum atomic E-state index is -1.01. The van der Waals surface area contributed by atoms with Crippen molar-refractivity contribution in [1.29, 1.82) is 0 Å². The molecule has 0 saturated carbocycles. The van der Waals surface area contributed by atoms with Crippen LogP contribution in [0.1, 0.15) is 34.6 Å². The smallest absolute Gasteiger partial charge is 0.262 e. The first-order valence-corrected chi connectivity index (χ1v) is 11.5. The molecule has 0 radical (unpaired) electrons. The van der Waals surface area contributed by atoms with Crippen LogP contribution in [0.4, 0.5) is 5.95 Å². The molecule has 172 valence electrons. The van der Waals surface area contributed by atoms with Gasteiger partial charge in [0.1, 0.15) is 11.8 Å². The van der Waals surface area contributed by atoms with Crippen LogP contribution in [0.25, 0.3) is 16.2 Å². The van der Waals surface area contributed by atoms with Crippen molar-refractivity contribution < 1.29 is 19.1 Å². The number of thiazole rings is 1. The maximum Gasteiger partial charge on any atom is 0.262 e. The van der Waals surface area contributed by atoms with Crippen molar-refractivity contribution in [2.75, 3.05) is 12.4 Å². The van der Waals surface area contributed by atoms with Crippen molar-refractivity contribution in [2.24, 2.45) is 5.92 Å². The number of para-hydroxylation sites is 1. The normalized spacial score (nSPS) is 14.1. The molecule has 2 aromatic heterocycles. The maximum atomic E-state index is 13.3. The molecule has 1 N–H and O–H groups in total. The van der Waals surface area contributed by atoms with E-state index >= 15 is 0 Å². The van der Waals surface area contributed by atoms with Crippen LogP contribution in [0.2, 0.25) is 0 Å². The van der Waals surface area contributed by atoms with Gasteiger partial charge in [0.15, 0.2) is 0 Å². The SMILES string of the molecule is COc1ccccc1-c1csc2nc(NC(=O)C(C(C)C)N3C(=O)c4ccccc4C3=O)nn12. The number of imide groups is 1. The molecule has 1 atom stereocenters. The Kier molecular flexibility index (Phi) is 5.37. The van der Waals surface area contributed by atoms with Crippen LogP contribution in [0.5, 0.6) is 5.75 Å². The first-order valence-electron chi connectivity index (χ1n) is 10.7. The first-order chi connectivity index (χ1) is 16.4. The highest BCUT2D eigenvalue weighted by Gasteiger charge is 2.44. The number of carbonyl (C=O) groups is 3. The summed E-state index contributed by atoms with van der Waals surface area (Å²) in [6.07, 6.45) is 0. The highest BCUT2D eigenvalue weighted by Crippen LogP contribution is 2.33. The Bertz CT molecular complexity index is 1410. The maximum absolute atomic E-state index is 13.3. The van der Waals surface area contributed by atoms with E-state index in [2.05, 4.69) is 15.4 Å². The van der Waals surface area contributed by atoms with Gasteiger partial charge in [-0.2, -0.15) is 4.98 Å². The average molecular weight is 476 g/mol. The number of rotatable bonds is 6. The third-order valence-electron chi connectivity index (χ3n) is 5.70. The van der Waals surface area contributed by atoms with Gasteiger partial charge in [0.2, 0.25) is 10.9 Å². The number of benzene rings is 2. The molecular formula is C24H21N5O4S. The zero-order valence-electron chi connectivity index (χ0n) is 18.7. The van der Waals surface area contributed by atoms with Gasteiger partial charge in [-0.15, -0.1) is 16.4 Å². The number of amides is 3. The number of carbonyl (C=O) groups excluding carboxylic acids is 3. The van der Waals surface area contributed by atoms with Gasteiger partial charge in [-0.1, -0.05) is 38.1 Å². The topological polar surface area (TPSA) is 106 Å². The lowest BCUT2D eigenvalue weighted by Crippen LogP contribution is -2.50. The monoisotopic (exact) mass is 475 g/mol. The van der Waals surface area contributed by atoms with Crippen molar-refractivity contribution >= 4 is 40.0 Å². The quantitative estimate of drug-likeness (QED) is 0.426. The van der Waals surface area contributed by atoms with Gasteiger partial charge < -0.3 is 4.74 Å². The molecule has 0 fully saturated rings. The number of fused-ring (bicyclic) bond motifs is 2. The second-order valence-corrected chi connectivity index (χ2v) is 8.99. The van der Waals surface area contributed by atoms with Crippen LogP contribution in [-0.4, -0.2) is 50.4 Å². The van der Waals surface area contributed by atoms with Gasteiger partial charge in [-0.05, 0) is 30.2 Å². The summed E-state index contributed by atoms with van der Waals surface area (Å²) in [5, 5.41) is 9.06. The molecule has 1 unspecified atom stereocenters. The van der Waals surface area contributed by atoms with E-state index in [1.54, 1.807) is 49.7 Å². The van der Waals surface area contributed by atoms with Crippen LogP contribution in [0.15, 0.2) is 53.9 Å². The van der Waals surface area contributed by atoms with Crippen molar-refractivity contribution in [3.05, 3.63) is 65.0 Å². The van der Waals surface area contributed by atoms with Gasteiger partial charge >= 0.3 is 0 Å². The van der Waals surface area contributed by atoms with Crippen LogP contribution in [0.3, 0.4) is 0 Å². The molecule has 34 heavy (non-hydrogen) atoms. The first kappa shape index (κ1) is 21.8. The predicted octanol–water partition coefficient (Wildman–Crippen LogP) is 3.73. The summed E-state index contributed by atoms with van der Waals surface area (Å²) in [6, 6.07) is 13.1. The number of hydrogen-bond donors (Lipinski definition) is 1. The van der Waals surface area contributed by atoms with Crippen LogP contribution in [0, 0.1) is 5.92 Å². The summed E-state index contributed by atoms with van der Waals surface area (Å²) >= 11 is 1.37. The number of nitrogens with zero attached hydrogens (tertiary/aromatic N) is 4. The molecule has 9 nitrogen and oxygen atoms in total. The summed E-state index contributed by atoms with van der Waals surface area (Å²) < 4.78 is 7.08. The predicted molar refractivity (Wildman–Crippen MR) is 127 cm³/mol. The molecule has 3 amide bonds. The number of nitrogens with one attached hydrogen (secondary N) is 1. The molecule has 0 aliphatic carbocycles. The summed E-state index contributed by atoms with van der Waals surface area (Å²) in [7, 11) is 1.60. The van der Waals surface area contributed by atoms with Gasteiger partial charge in [0.25, 0.3) is 17.8 Å². The summed E-state index contributed by atoms with van der Waals surface area (Å²) in [5.74, 6) is -1.03. The van der Waals surface area contributed by atoms with Crippen LogP contribution in [-0.2, 0) is 4.79 Å². The van der Waals surface area contributed by atoms with Crippen molar-refractivity contribution in [2.45, 2.75) is 19.9 Å². The lowest BCUT2D eigenvalue weighted by molar-refractivity contribution is -0.121. The Hall–Kier alpha value is -4.05. The largest absolute Gasteiger partial charge is 0.496 e. The number of aromatic nitrogens is 3. The van der Waals surface area contributed by atoms with Crippen molar-refractivity contribution in [3.8, 4) is 17.0 Å². The van der Waals surface area contributed by atoms with Crippen molar-refractivity contribution in [3.63, 3.8) is 0 Å². The zero-order chi connectivity index (χ0) is 24.0. The second-order valence-electron chi connectivity index (χ2n) is 8.16. The van der Waals surface area contributed by atoms with E-state index in [4.69, 9.17) is 4.74 Å². The Labute approximate surface area is 199 Å². The molecule has 1 aliphatic heterocycles. The molecule has 10 heteroatoms. The van der Waals surface area contributed by atoms with E-state index < -0.39 is 23.8 Å². The number of hydrogen-bond acceptors (Lipinski definition) is 7. The molecule has 1 aliphatic rings. The third kappa shape index (κ3) is 3.43. The highest BCUT2D eigenvalue weighted by atomic mass is 32.1. The summed E-state index contributed by atoms with van der Waals surface area (Å²) in [4.78, 5) is 45.2. The average Bonchev–Trinajstić information content (AvgIpc) is 3.47. The fourth-order valence-electron chi connectivity index (χ4n) is 4.14.